The lowest BCUT2D eigenvalue weighted by Crippen LogP contribution is -2.56. The predicted molar refractivity (Wildman–Crippen MR) is 104 cm³/mol. The number of aromatic nitrogens is 1. The lowest BCUT2D eigenvalue weighted by Gasteiger charge is -2.39. The summed E-state index contributed by atoms with van der Waals surface area (Å²) in [4.78, 5) is 31.5. The van der Waals surface area contributed by atoms with E-state index in [4.69, 9.17) is 0 Å². The molecular weight excluding hydrogens is 380 g/mol. The van der Waals surface area contributed by atoms with Gasteiger partial charge in [0.1, 0.15) is 0 Å². The van der Waals surface area contributed by atoms with E-state index < -0.39 is 11.6 Å². The van der Waals surface area contributed by atoms with Crippen molar-refractivity contribution in [3.05, 3.63) is 35.5 Å². The van der Waals surface area contributed by atoms with Crippen LogP contribution in [0.4, 0.5) is 18.4 Å². The van der Waals surface area contributed by atoms with Crippen LogP contribution < -0.4 is 10.6 Å². The number of aromatic amines is 1. The Hall–Kier alpha value is -2.84. The topological polar surface area (TPSA) is 80.5 Å². The summed E-state index contributed by atoms with van der Waals surface area (Å²) in [6.07, 6.45) is 3.65. The number of benzene rings is 1. The predicted octanol–water partition coefficient (Wildman–Crippen LogP) is 2.92. The van der Waals surface area contributed by atoms with Crippen molar-refractivity contribution in [3.8, 4) is 0 Å². The Kier molecular flexibility index (Phi) is 5.29. The monoisotopic (exact) mass is 405 g/mol. The van der Waals surface area contributed by atoms with E-state index >= 15 is 0 Å². The zero-order valence-electron chi connectivity index (χ0n) is 16.3. The molecule has 7 nitrogen and oxygen atoms in total. The van der Waals surface area contributed by atoms with Gasteiger partial charge in [-0.1, -0.05) is 0 Å². The molecule has 0 bridgehead atoms. The Morgan fingerprint density at radius 1 is 1.17 bits per heavy atom. The van der Waals surface area contributed by atoms with Crippen LogP contribution in [0.15, 0.2) is 18.2 Å². The van der Waals surface area contributed by atoms with Crippen molar-refractivity contribution in [1.29, 1.82) is 0 Å². The highest BCUT2D eigenvalue weighted by Gasteiger charge is 2.39. The Labute approximate surface area is 167 Å². The van der Waals surface area contributed by atoms with Crippen LogP contribution >= 0.6 is 0 Å². The molecule has 1 unspecified atom stereocenters. The van der Waals surface area contributed by atoms with Gasteiger partial charge in [-0.3, -0.25) is 0 Å². The van der Waals surface area contributed by atoms with Gasteiger partial charge in [-0.2, -0.15) is 0 Å². The quantitative estimate of drug-likeness (QED) is 0.731. The van der Waals surface area contributed by atoms with Gasteiger partial charge in [0.2, 0.25) is 0 Å². The van der Waals surface area contributed by atoms with E-state index in [1.165, 1.54) is 0 Å². The Morgan fingerprint density at radius 2 is 1.93 bits per heavy atom. The van der Waals surface area contributed by atoms with Crippen molar-refractivity contribution >= 4 is 23.0 Å². The van der Waals surface area contributed by atoms with Crippen LogP contribution in [0.3, 0.4) is 0 Å². The number of nitrogens with zero attached hydrogens (tertiary/aromatic N) is 2. The SMILES string of the molecule is CNC(=O)N1CCCC(N(C(=O)NCc2cc3cc(F)c(F)cc3[nH]2)C2CC2)C1. The molecule has 1 saturated carbocycles. The van der Waals surface area contributed by atoms with E-state index in [1.807, 2.05) is 4.90 Å². The van der Waals surface area contributed by atoms with Crippen LogP contribution in [-0.2, 0) is 6.54 Å². The van der Waals surface area contributed by atoms with Crippen molar-refractivity contribution in [2.24, 2.45) is 0 Å². The second-order valence-corrected chi connectivity index (χ2v) is 7.74. The second kappa shape index (κ2) is 7.88. The minimum absolute atomic E-state index is 0.0144. The number of piperidine rings is 1. The van der Waals surface area contributed by atoms with Crippen molar-refractivity contribution in [3.63, 3.8) is 0 Å². The Morgan fingerprint density at radius 3 is 2.66 bits per heavy atom. The molecule has 2 aliphatic rings. The summed E-state index contributed by atoms with van der Waals surface area (Å²) in [7, 11) is 1.61. The van der Waals surface area contributed by atoms with Crippen LogP contribution in [0.5, 0.6) is 0 Å². The molecule has 0 radical (unpaired) electrons. The molecule has 2 heterocycles. The molecule has 1 aromatic carbocycles. The van der Waals surface area contributed by atoms with Crippen LogP contribution in [0.1, 0.15) is 31.4 Å². The summed E-state index contributed by atoms with van der Waals surface area (Å²) in [5.74, 6) is -1.81. The molecule has 0 spiro atoms. The molecule has 1 aromatic heterocycles. The van der Waals surface area contributed by atoms with Crippen LogP contribution in [-0.4, -0.2) is 59.1 Å². The molecular formula is C20H25F2N5O2. The highest BCUT2D eigenvalue weighted by Crippen LogP contribution is 2.31. The van der Waals surface area contributed by atoms with E-state index in [2.05, 4.69) is 15.6 Å². The molecule has 156 valence electrons. The van der Waals surface area contributed by atoms with Crippen LogP contribution in [0, 0.1) is 11.6 Å². The molecule has 2 fully saturated rings. The molecule has 1 atom stereocenters. The summed E-state index contributed by atoms with van der Waals surface area (Å²) in [6.45, 7) is 1.44. The van der Waals surface area contributed by atoms with Gasteiger partial charge in [-0.25, -0.2) is 18.4 Å². The van der Waals surface area contributed by atoms with Gasteiger partial charge in [-0.05, 0) is 37.8 Å². The summed E-state index contributed by atoms with van der Waals surface area (Å²) < 4.78 is 26.8. The lowest BCUT2D eigenvalue weighted by molar-refractivity contribution is 0.116. The van der Waals surface area contributed by atoms with E-state index in [1.54, 1.807) is 18.0 Å². The number of H-pyrrole nitrogens is 1. The lowest BCUT2D eigenvalue weighted by atomic mass is 10.0. The largest absolute Gasteiger partial charge is 0.357 e. The maximum atomic E-state index is 13.4. The van der Waals surface area contributed by atoms with E-state index in [-0.39, 0.29) is 30.7 Å². The van der Waals surface area contributed by atoms with Crippen LogP contribution in [0.25, 0.3) is 10.9 Å². The number of rotatable bonds is 4. The number of carbonyl (C=O) groups excluding carboxylic acids is 2. The number of urea groups is 2. The van der Waals surface area contributed by atoms with Crippen molar-refractivity contribution in [2.75, 3.05) is 20.1 Å². The average Bonchev–Trinajstić information content (AvgIpc) is 3.47. The van der Waals surface area contributed by atoms with Gasteiger partial charge >= 0.3 is 12.1 Å². The third-order valence-electron chi connectivity index (χ3n) is 5.61. The fourth-order valence-electron chi connectivity index (χ4n) is 4.05. The molecule has 1 aliphatic heterocycles. The first-order chi connectivity index (χ1) is 14.0. The molecule has 3 N–H and O–H groups in total. The maximum absolute atomic E-state index is 13.4. The Balaban J connectivity index is 1.42. The summed E-state index contributed by atoms with van der Waals surface area (Å²) in [5, 5.41) is 6.12. The molecule has 29 heavy (non-hydrogen) atoms. The number of amides is 4. The maximum Gasteiger partial charge on any atom is 0.318 e. The van der Waals surface area contributed by atoms with E-state index in [9.17, 15) is 18.4 Å². The van der Waals surface area contributed by atoms with Gasteiger partial charge in [-0.15, -0.1) is 0 Å². The number of nitrogens with one attached hydrogen (secondary N) is 3. The first kappa shape index (κ1) is 19.5. The van der Waals surface area contributed by atoms with Gasteiger partial charge in [0.15, 0.2) is 11.6 Å². The standard InChI is InChI=1S/C20H25F2N5O2/c1-23-19(28)26-6-2-3-15(11-26)27(14-4-5-14)20(29)24-10-13-7-12-8-16(21)17(22)9-18(12)25-13/h7-9,14-15,25H,2-6,10-11H2,1H3,(H,23,28)(H,24,29). The summed E-state index contributed by atoms with van der Waals surface area (Å²) >= 11 is 0. The smallest absolute Gasteiger partial charge is 0.318 e. The number of hydrogen-bond acceptors (Lipinski definition) is 2. The van der Waals surface area contributed by atoms with Gasteiger partial charge in [0, 0.05) is 48.8 Å². The highest BCUT2D eigenvalue weighted by atomic mass is 19.2. The second-order valence-electron chi connectivity index (χ2n) is 7.74. The number of carbonyl (C=O) groups is 2. The zero-order valence-corrected chi connectivity index (χ0v) is 16.3. The molecule has 2 aromatic rings. The first-order valence-corrected chi connectivity index (χ1v) is 9.95. The highest BCUT2D eigenvalue weighted by molar-refractivity contribution is 5.81. The number of halogens is 2. The van der Waals surface area contributed by atoms with Gasteiger partial charge in [0.05, 0.1) is 12.6 Å². The number of likely N-dealkylation sites (tertiary alicyclic amines) is 1. The molecule has 1 saturated heterocycles. The fourth-order valence-corrected chi connectivity index (χ4v) is 4.05. The minimum atomic E-state index is -0.909. The normalized spacial score (nSPS) is 19.3. The van der Waals surface area contributed by atoms with Crippen molar-refractivity contribution in [1.82, 2.24) is 25.4 Å². The van der Waals surface area contributed by atoms with E-state index in [0.717, 1.165) is 37.8 Å². The summed E-state index contributed by atoms with van der Waals surface area (Å²) in [5.41, 5.74) is 1.16. The Bertz CT molecular complexity index is 888. The molecule has 4 rings (SSSR count). The molecule has 9 heteroatoms. The third-order valence-corrected chi connectivity index (χ3v) is 5.61. The van der Waals surface area contributed by atoms with E-state index in [0.29, 0.717) is 29.7 Å². The van der Waals surface area contributed by atoms with Crippen molar-refractivity contribution in [2.45, 2.75) is 44.3 Å². The first-order valence-electron chi connectivity index (χ1n) is 9.95. The van der Waals surface area contributed by atoms with Crippen molar-refractivity contribution < 1.29 is 18.4 Å². The summed E-state index contributed by atoms with van der Waals surface area (Å²) in [6, 6.07) is 3.85. The third kappa shape index (κ3) is 4.13. The van der Waals surface area contributed by atoms with Gasteiger partial charge < -0.3 is 25.4 Å². The number of fused-ring (bicyclic) bond motifs is 1. The fraction of sp³-hybridized carbons (Fsp3) is 0.500. The zero-order chi connectivity index (χ0) is 20.5. The molecule has 4 amide bonds. The molecule has 1 aliphatic carbocycles. The van der Waals surface area contributed by atoms with Crippen LogP contribution in [0.2, 0.25) is 0 Å². The van der Waals surface area contributed by atoms with Gasteiger partial charge in [0.25, 0.3) is 0 Å². The average molecular weight is 405 g/mol. The number of hydrogen-bond donors (Lipinski definition) is 3. The minimum Gasteiger partial charge on any atom is -0.357 e.